The molecule has 1 aromatic rings. The highest BCUT2D eigenvalue weighted by atomic mass is 15.3. The lowest BCUT2D eigenvalue weighted by Crippen LogP contribution is -2.14. The first kappa shape index (κ1) is 12.8. The van der Waals surface area contributed by atoms with Crippen LogP contribution in [0.4, 0.5) is 17.3 Å². The van der Waals surface area contributed by atoms with E-state index >= 15 is 0 Å². The molecular formula is C10H17N7. The zero-order chi connectivity index (χ0) is 12.8. The Bertz CT molecular complexity index is 439. The van der Waals surface area contributed by atoms with Crippen LogP contribution in [0.5, 0.6) is 0 Å². The summed E-state index contributed by atoms with van der Waals surface area (Å²) in [7, 11) is 1.76. The topological polar surface area (TPSA) is 139 Å². The fourth-order valence-corrected chi connectivity index (χ4v) is 1.44. The molecule has 0 fully saturated rings. The third-order valence-corrected chi connectivity index (χ3v) is 2.21. The minimum Gasteiger partial charge on any atom is -0.395 e. The van der Waals surface area contributed by atoms with Gasteiger partial charge in [-0.15, -0.1) is 0 Å². The Morgan fingerprint density at radius 2 is 2.24 bits per heavy atom. The largest absolute Gasteiger partial charge is 0.395 e. The van der Waals surface area contributed by atoms with E-state index in [0.29, 0.717) is 23.7 Å². The lowest BCUT2D eigenvalue weighted by Gasteiger charge is -2.11. The molecule has 92 valence electrons. The molecule has 0 aliphatic rings. The van der Waals surface area contributed by atoms with E-state index < -0.39 is 0 Å². The van der Waals surface area contributed by atoms with Gasteiger partial charge in [0.2, 0.25) is 0 Å². The average Bonchev–Trinajstić information content (AvgIpc) is 2.32. The zero-order valence-corrected chi connectivity index (χ0v) is 9.62. The number of nitrogens with one attached hydrogen (secondary N) is 3. The van der Waals surface area contributed by atoms with E-state index in [1.165, 1.54) is 6.21 Å². The van der Waals surface area contributed by atoms with E-state index in [1.54, 1.807) is 19.3 Å². The summed E-state index contributed by atoms with van der Waals surface area (Å²) in [5.74, 6) is 5.96. The van der Waals surface area contributed by atoms with Crippen LogP contribution in [0.1, 0.15) is 5.56 Å². The van der Waals surface area contributed by atoms with Gasteiger partial charge < -0.3 is 27.6 Å². The van der Waals surface area contributed by atoms with Crippen LogP contribution in [-0.4, -0.2) is 18.2 Å². The fourth-order valence-electron chi connectivity index (χ4n) is 1.44. The molecule has 9 N–H and O–H groups in total. The van der Waals surface area contributed by atoms with Crippen molar-refractivity contribution >= 4 is 23.5 Å². The fraction of sp³-hybridized carbons (Fsp3) is 0.200. The quantitative estimate of drug-likeness (QED) is 0.238. The molecule has 0 atom stereocenters. The Morgan fingerprint density at radius 3 is 2.76 bits per heavy atom. The second-order valence-corrected chi connectivity index (χ2v) is 3.44. The molecule has 0 bridgehead atoms. The Morgan fingerprint density at radius 1 is 1.53 bits per heavy atom. The number of aromatic nitrogens is 1. The van der Waals surface area contributed by atoms with E-state index in [2.05, 4.69) is 15.7 Å². The van der Waals surface area contributed by atoms with Crippen molar-refractivity contribution in [1.82, 2.24) is 10.3 Å². The van der Waals surface area contributed by atoms with Gasteiger partial charge in [0, 0.05) is 25.9 Å². The first-order valence-electron chi connectivity index (χ1n) is 5.00. The Balaban J connectivity index is 3.09. The van der Waals surface area contributed by atoms with Gasteiger partial charge in [-0.05, 0) is 17.2 Å². The molecule has 1 rings (SSSR count). The zero-order valence-electron chi connectivity index (χ0n) is 9.62. The minimum absolute atomic E-state index is 0.330. The molecule has 7 heteroatoms. The Kier molecular flexibility index (Phi) is 4.29. The van der Waals surface area contributed by atoms with Crippen molar-refractivity contribution in [3.05, 3.63) is 23.4 Å². The van der Waals surface area contributed by atoms with Gasteiger partial charge >= 0.3 is 0 Å². The number of allylic oxidation sites excluding steroid dienone is 1. The van der Waals surface area contributed by atoms with Crippen LogP contribution < -0.4 is 28.1 Å². The van der Waals surface area contributed by atoms with Crippen LogP contribution >= 0.6 is 0 Å². The van der Waals surface area contributed by atoms with Gasteiger partial charge in [0.05, 0.1) is 5.69 Å². The number of hydrogen-bond donors (Lipinski definition) is 6. The van der Waals surface area contributed by atoms with Crippen LogP contribution in [0.2, 0.25) is 0 Å². The maximum Gasteiger partial charge on any atom is 0.165 e. The minimum atomic E-state index is 0.330. The molecule has 0 saturated carbocycles. The standard InChI is InChI=1S/C10H17N7/c1-15-5-6(4-11)2-7-3-8(12)16-10(17-14)9(7)13/h3-5,11,15H,2,13-14H2,1H3,(H3,12,16,17)/b6-5-,11-4?. The highest BCUT2D eigenvalue weighted by Gasteiger charge is 2.09. The van der Waals surface area contributed by atoms with Crippen molar-refractivity contribution in [2.24, 2.45) is 5.84 Å². The molecule has 1 heterocycles. The molecule has 0 aliphatic heterocycles. The summed E-state index contributed by atoms with van der Waals surface area (Å²) in [6.45, 7) is 0. The summed E-state index contributed by atoms with van der Waals surface area (Å²) in [5.41, 5.74) is 15.9. The summed E-state index contributed by atoms with van der Waals surface area (Å²) < 4.78 is 0. The molecular weight excluding hydrogens is 218 g/mol. The third-order valence-electron chi connectivity index (χ3n) is 2.21. The van der Waals surface area contributed by atoms with Crippen molar-refractivity contribution in [3.63, 3.8) is 0 Å². The van der Waals surface area contributed by atoms with E-state index in [4.69, 9.17) is 22.7 Å². The predicted octanol–water partition coefficient (Wildman–Crippen LogP) is -0.173. The van der Waals surface area contributed by atoms with Crippen LogP contribution in [0, 0.1) is 5.41 Å². The first-order chi connectivity index (χ1) is 8.12. The van der Waals surface area contributed by atoms with Crippen LogP contribution in [0.15, 0.2) is 17.8 Å². The highest BCUT2D eigenvalue weighted by molar-refractivity contribution is 5.78. The number of nitrogens with two attached hydrogens (primary N) is 3. The van der Waals surface area contributed by atoms with Gasteiger partial charge in [-0.3, -0.25) is 0 Å². The number of pyridine rings is 1. The van der Waals surface area contributed by atoms with Crippen LogP contribution in [0.3, 0.4) is 0 Å². The van der Waals surface area contributed by atoms with E-state index in [-0.39, 0.29) is 0 Å². The molecule has 17 heavy (non-hydrogen) atoms. The van der Waals surface area contributed by atoms with Gasteiger partial charge in [-0.2, -0.15) is 0 Å². The van der Waals surface area contributed by atoms with Crippen molar-refractivity contribution in [3.8, 4) is 0 Å². The van der Waals surface area contributed by atoms with Gasteiger partial charge in [0.25, 0.3) is 0 Å². The maximum atomic E-state index is 7.27. The molecule has 1 aromatic heterocycles. The van der Waals surface area contributed by atoms with Crippen molar-refractivity contribution in [2.75, 3.05) is 23.9 Å². The average molecular weight is 235 g/mol. The maximum absolute atomic E-state index is 7.27. The molecule has 7 nitrogen and oxygen atoms in total. The lowest BCUT2D eigenvalue weighted by molar-refractivity contribution is 1.06. The third kappa shape index (κ3) is 3.08. The molecule has 0 spiro atoms. The van der Waals surface area contributed by atoms with Crippen molar-refractivity contribution in [2.45, 2.75) is 6.42 Å². The second kappa shape index (κ2) is 5.71. The predicted molar refractivity (Wildman–Crippen MR) is 70.5 cm³/mol. The van der Waals surface area contributed by atoms with Crippen molar-refractivity contribution in [1.29, 1.82) is 5.41 Å². The number of hydrazine groups is 1. The second-order valence-electron chi connectivity index (χ2n) is 3.44. The summed E-state index contributed by atoms with van der Waals surface area (Å²) in [6.07, 6.45) is 3.46. The Labute approximate surface area is 99.6 Å². The number of anilines is 3. The van der Waals surface area contributed by atoms with E-state index in [9.17, 15) is 0 Å². The van der Waals surface area contributed by atoms with Gasteiger partial charge in [0.15, 0.2) is 5.82 Å². The van der Waals surface area contributed by atoms with E-state index in [0.717, 1.165) is 11.1 Å². The summed E-state index contributed by atoms with van der Waals surface area (Å²) in [4.78, 5) is 3.96. The molecule has 0 amide bonds. The van der Waals surface area contributed by atoms with E-state index in [1.807, 2.05) is 0 Å². The number of nitrogens with zero attached hydrogens (tertiary/aromatic N) is 1. The SMILES string of the molecule is CN/C=C(\C=N)Cc1cc(N)nc(NN)c1N. The molecule has 0 saturated heterocycles. The van der Waals surface area contributed by atoms with Gasteiger partial charge in [-0.25, -0.2) is 10.8 Å². The van der Waals surface area contributed by atoms with Crippen molar-refractivity contribution < 1.29 is 0 Å². The molecule has 0 radical (unpaired) electrons. The van der Waals surface area contributed by atoms with Gasteiger partial charge in [-0.1, -0.05) is 0 Å². The summed E-state index contributed by atoms with van der Waals surface area (Å²) >= 11 is 0. The lowest BCUT2D eigenvalue weighted by atomic mass is 10.1. The number of hydrogen-bond acceptors (Lipinski definition) is 7. The highest BCUT2D eigenvalue weighted by Crippen LogP contribution is 2.24. The monoisotopic (exact) mass is 235 g/mol. The number of rotatable bonds is 5. The Hall–Kier alpha value is -2.28. The smallest absolute Gasteiger partial charge is 0.165 e. The van der Waals surface area contributed by atoms with Gasteiger partial charge in [0.1, 0.15) is 5.82 Å². The molecule has 0 unspecified atom stereocenters. The summed E-state index contributed by atoms with van der Waals surface area (Å²) in [6, 6.07) is 1.67. The summed E-state index contributed by atoms with van der Waals surface area (Å²) in [5, 5.41) is 10.1. The number of nitrogen functional groups attached to an aromatic ring is 3. The van der Waals surface area contributed by atoms with Crippen LogP contribution in [-0.2, 0) is 6.42 Å². The first-order valence-corrected chi connectivity index (χ1v) is 5.00. The molecule has 0 aliphatic carbocycles. The molecule has 0 aromatic carbocycles. The van der Waals surface area contributed by atoms with Crippen LogP contribution in [0.25, 0.3) is 0 Å². The normalized spacial score (nSPS) is 11.1.